The van der Waals surface area contributed by atoms with Crippen LogP contribution in [0.1, 0.15) is 39.0 Å². The molecule has 4 nitrogen and oxygen atoms in total. The molecular weight excluding hydrogens is 340 g/mol. The number of carbonyl (C=O) groups is 2. The van der Waals surface area contributed by atoms with Crippen molar-refractivity contribution in [3.63, 3.8) is 0 Å². The van der Waals surface area contributed by atoms with Gasteiger partial charge < -0.3 is 0 Å². The molecule has 1 atom stereocenters. The Morgan fingerprint density at radius 1 is 1.21 bits per heavy atom. The molecule has 2 amide bonds. The quantitative estimate of drug-likeness (QED) is 0.804. The van der Waals surface area contributed by atoms with Gasteiger partial charge in [-0.1, -0.05) is 30.3 Å². The van der Waals surface area contributed by atoms with Crippen molar-refractivity contribution in [1.29, 1.82) is 0 Å². The van der Waals surface area contributed by atoms with Crippen LogP contribution in [0.2, 0.25) is 0 Å². The molecule has 0 radical (unpaired) electrons. The first kappa shape index (κ1) is 17.0. The van der Waals surface area contributed by atoms with Gasteiger partial charge in [0.1, 0.15) is 0 Å². The number of nitrogens with one attached hydrogen (secondary N) is 2. The molecule has 1 aliphatic rings. The predicted molar refractivity (Wildman–Crippen MR) is 99.2 cm³/mol. The van der Waals surface area contributed by atoms with E-state index < -0.39 is 0 Å². The van der Waals surface area contributed by atoms with Crippen molar-refractivity contribution in [2.75, 3.05) is 0 Å². The highest BCUT2D eigenvalue weighted by Gasteiger charge is 2.19. The van der Waals surface area contributed by atoms with Crippen molar-refractivity contribution < 1.29 is 9.59 Å². The first-order chi connectivity index (χ1) is 11.6. The molecule has 0 fully saturated rings. The van der Waals surface area contributed by atoms with Gasteiger partial charge in [0.25, 0.3) is 11.8 Å². The molecule has 2 N–H and O–H groups in total. The molecular formula is C18H20N2O2S2. The van der Waals surface area contributed by atoms with Gasteiger partial charge in [0.05, 0.1) is 10.1 Å². The van der Waals surface area contributed by atoms with E-state index in [2.05, 4.69) is 10.9 Å². The molecule has 1 aromatic heterocycles. The van der Waals surface area contributed by atoms with Crippen LogP contribution in [0.3, 0.4) is 0 Å². The molecule has 6 heteroatoms. The largest absolute Gasteiger partial charge is 0.279 e. The van der Waals surface area contributed by atoms with Crippen LogP contribution < -0.4 is 10.9 Å². The molecule has 0 bridgehead atoms. The summed E-state index contributed by atoms with van der Waals surface area (Å²) in [6.07, 6.45) is 3.29. The van der Waals surface area contributed by atoms with Gasteiger partial charge in [-0.3, -0.25) is 20.4 Å². The van der Waals surface area contributed by atoms with Crippen molar-refractivity contribution in [2.24, 2.45) is 0 Å². The van der Waals surface area contributed by atoms with Crippen molar-refractivity contribution in [2.45, 2.75) is 37.2 Å². The lowest BCUT2D eigenvalue weighted by atomic mass is 10.2. The average molecular weight is 361 g/mol. The zero-order valence-corrected chi connectivity index (χ0v) is 15.1. The van der Waals surface area contributed by atoms with E-state index in [-0.39, 0.29) is 17.1 Å². The lowest BCUT2D eigenvalue weighted by Crippen LogP contribution is -2.44. The second-order valence-corrected chi connectivity index (χ2v) is 8.26. The molecule has 0 aliphatic heterocycles. The number of rotatable bonds is 5. The van der Waals surface area contributed by atoms with Crippen molar-refractivity contribution in [3.8, 4) is 0 Å². The fourth-order valence-electron chi connectivity index (χ4n) is 2.59. The van der Waals surface area contributed by atoms with Gasteiger partial charge in [-0.2, -0.15) is 0 Å². The van der Waals surface area contributed by atoms with E-state index in [1.165, 1.54) is 33.8 Å². The average Bonchev–Trinajstić information content (AvgIpc) is 3.20. The first-order valence-corrected chi connectivity index (χ1v) is 9.87. The molecule has 1 heterocycles. The van der Waals surface area contributed by atoms with Crippen LogP contribution in [-0.4, -0.2) is 17.1 Å². The Bertz CT molecular complexity index is 706. The summed E-state index contributed by atoms with van der Waals surface area (Å²) in [7, 11) is 0. The Hall–Kier alpha value is -1.79. The van der Waals surface area contributed by atoms with Gasteiger partial charge in [-0.05, 0) is 43.4 Å². The Morgan fingerprint density at radius 3 is 2.75 bits per heavy atom. The molecule has 0 saturated heterocycles. The third-order valence-corrected chi connectivity index (χ3v) is 6.43. The van der Waals surface area contributed by atoms with Gasteiger partial charge in [-0.25, -0.2) is 0 Å². The molecule has 24 heavy (non-hydrogen) atoms. The van der Waals surface area contributed by atoms with E-state index in [0.717, 1.165) is 18.6 Å². The molecule has 3 rings (SSSR count). The number of fused-ring (bicyclic) bond motifs is 1. The number of hydrazine groups is 1. The minimum atomic E-state index is -0.237. The summed E-state index contributed by atoms with van der Waals surface area (Å²) in [5.41, 5.74) is 7.51. The van der Waals surface area contributed by atoms with E-state index in [0.29, 0.717) is 4.88 Å². The van der Waals surface area contributed by atoms with E-state index in [1.807, 2.05) is 43.3 Å². The lowest BCUT2D eigenvalue weighted by molar-refractivity contribution is -0.121. The van der Waals surface area contributed by atoms with Gasteiger partial charge >= 0.3 is 0 Å². The number of hydrogen-bond donors (Lipinski definition) is 2. The smallest absolute Gasteiger partial charge is 0.272 e. The standard InChI is InChI=1S/C18H20N2O2S2/c1-12(23-11-13-6-3-2-4-7-13)17(21)19-20-18(22)16-10-14-8-5-9-15(14)24-16/h2-4,6-7,10,12H,5,8-9,11H2,1H3,(H,19,21)(H,20,22). The molecule has 1 aromatic carbocycles. The lowest BCUT2D eigenvalue weighted by Gasteiger charge is -2.12. The highest BCUT2D eigenvalue weighted by atomic mass is 32.2. The molecule has 1 unspecified atom stereocenters. The second-order valence-electron chi connectivity index (χ2n) is 5.79. The number of thioether (sulfide) groups is 1. The number of aryl methyl sites for hydroxylation is 2. The Kier molecular flexibility index (Phi) is 5.58. The monoisotopic (exact) mass is 360 g/mol. The maximum atomic E-state index is 12.1. The SMILES string of the molecule is CC(SCc1ccccc1)C(=O)NNC(=O)c1cc2c(s1)CCC2. The highest BCUT2D eigenvalue weighted by Crippen LogP contribution is 2.30. The van der Waals surface area contributed by atoms with Gasteiger partial charge in [0.15, 0.2) is 0 Å². The van der Waals surface area contributed by atoms with Crippen molar-refractivity contribution in [1.82, 2.24) is 10.9 Å². The van der Waals surface area contributed by atoms with Crippen molar-refractivity contribution >= 4 is 34.9 Å². The maximum absolute atomic E-state index is 12.1. The summed E-state index contributed by atoms with van der Waals surface area (Å²) in [5, 5.41) is -0.237. The van der Waals surface area contributed by atoms with Crippen LogP contribution in [0.15, 0.2) is 36.4 Å². The van der Waals surface area contributed by atoms with E-state index >= 15 is 0 Å². The molecule has 0 saturated carbocycles. The third-order valence-electron chi connectivity index (χ3n) is 3.98. The van der Waals surface area contributed by atoms with Gasteiger partial charge in [-0.15, -0.1) is 23.1 Å². The van der Waals surface area contributed by atoms with E-state index in [9.17, 15) is 9.59 Å². The normalized spacial score (nSPS) is 14.0. The Morgan fingerprint density at radius 2 is 2.00 bits per heavy atom. The first-order valence-electron chi connectivity index (χ1n) is 8.01. The van der Waals surface area contributed by atoms with Crippen molar-refractivity contribution in [3.05, 3.63) is 57.3 Å². The summed E-state index contributed by atoms with van der Waals surface area (Å²) in [6.45, 7) is 1.84. The minimum absolute atomic E-state index is 0.187. The van der Waals surface area contributed by atoms with E-state index in [1.54, 1.807) is 11.8 Å². The molecule has 1 aliphatic carbocycles. The predicted octanol–water partition coefficient (Wildman–Crippen LogP) is 3.32. The van der Waals surface area contributed by atoms with Gasteiger partial charge in [0.2, 0.25) is 0 Å². The van der Waals surface area contributed by atoms with Crippen LogP contribution in [0.5, 0.6) is 0 Å². The fraction of sp³-hybridized carbons (Fsp3) is 0.333. The van der Waals surface area contributed by atoms with Crippen LogP contribution >= 0.6 is 23.1 Å². The number of carbonyl (C=O) groups excluding carboxylic acids is 2. The number of hydrogen-bond acceptors (Lipinski definition) is 4. The molecule has 126 valence electrons. The zero-order valence-electron chi connectivity index (χ0n) is 13.5. The second kappa shape index (κ2) is 7.85. The molecule has 2 aromatic rings. The Labute approximate surface area is 150 Å². The van der Waals surface area contributed by atoms with E-state index in [4.69, 9.17) is 0 Å². The summed E-state index contributed by atoms with van der Waals surface area (Å²) < 4.78 is 0. The van der Waals surface area contributed by atoms with Crippen LogP contribution in [0.25, 0.3) is 0 Å². The highest BCUT2D eigenvalue weighted by molar-refractivity contribution is 7.99. The maximum Gasteiger partial charge on any atom is 0.279 e. The molecule has 0 spiro atoms. The third kappa shape index (κ3) is 4.19. The number of benzene rings is 1. The zero-order chi connectivity index (χ0) is 16.9. The summed E-state index contributed by atoms with van der Waals surface area (Å²) in [4.78, 5) is 26.2. The van der Waals surface area contributed by atoms with Gasteiger partial charge in [0, 0.05) is 10.6 Å². The topological polar surface area (TPSA) is 58.2 Å². The fourth-order valence-corrected chi connectivity index (χ4v) is 4.59. The summed E-state index contributed by atoms with van der Waals surface area (Å²) in [6, 6.07) is 12.0. The van der Waals surface area contributed by atoms with Crippen LogP contribution in [0.4, 0.5) is 0 Å². The van der Waals surface area contributed by atoms with Crippen LogP contribution in [-0.2, 0) is 23.4 Å². The van der Waals surface area contributed by atoms with Crippen LogP contribution in [0, 0.1) is 0 Å². The summed E-state index contributed by atoms with van der Waals surface area (Å²) >= 11 is 3.07. The Balaban J connectivity index is 1.44. The number of amides is 2. The summed E-state index contributed by atoms with van der Waals surface area (Å²) in [5.74, 6) is 0.345. The number of thiophene rings is 1. The minimum Gasteiger partial charge on any atom is -0.272 e.